The summed E-state index contributed by atoms with van der Waals surface area (Å²) in [6.07, 6.45) is 7.09. The Hall–Kier alpha value is -3.13. The number of aryl methyl sites for hydroxylation is 2. The van der Waals surface area contributed by atoms with E-state index in [2.05, 4.69) is 16.6 Å². The van der Waals surface area contributed by atoms with Crippen molar-refractivity contribution in [3.8, 4) is 0 Å². The number of fused-ring (bicyclic) bond motifs is 1. The summed E-state index contributed by atoms with van der Waals surface area (Å²) in [7, 11) is -3.73. The van der Waals surface area contributed by atoms with Gasteiger partial charge >= 0.3 is 0 Å². The van der Waals surface area contributed by atoms with Crippen molar-refractivity contribution in [3.05, 3.63) is 71.8 Å². The third-order valence-corrected chi connectivity index (χ3v) is 7.63. The van der Waals surface area contributed by atoms with Gasteiger partial charge in [0.25, 0.3) is 15.9 Å². The molecule has 8 heteroatoms. The molecule has 1 aliphatic heterocycles. The van der Waals surface area contributed by atoms with Gasteiger partial charge in [0, 0.05) is 24.3 Å². The molecule has 174 valence electrons. The normalized spacial score (nSPS) is 17.8. The van der Waals surface area contributed by atoms with Crippen LogP contribution in [-0.4, -0.2) is 44.3 Å². The Kier molecular flexibility index (Phi) is 6.83. The average molecular weight is 468 g/mol. The standard InChI is InChI=1S/C25H29N3O4S/c1-2-15-26-24(29)23-8-5-16-28(23)25(30)19-9-12-21(13-10-19)27-33(31,32)22-14-11-18-6-3-4-7-20(18)17-22/h2,9-14,17,23,27H,1,3-8,15-16H2,(H,26,29)/t23-/m0/s1. The first kappa shape index (κ1) is 23.0. The first-order valence-electron chi connectivity index (χ1n) is 11.3. The molecule has 1 aliphatic carbocycles. The molecule has 4 rings (SSSR count). The lowest BCUT2D eigenvalue weighted by Gasteiger charge is -2.24. The van der Waals surface area contributed by atoms with Gasteiger partial charge in [0.2, 0.25) is 5.91 Å². The Morgan fingerprint density at radius 1 is 1.03 bits per heavy atom. The van der Waals surface area contributed by atoms with Gasteiger partial charge in [-0.1, -0.05) is 12.1 Å². The van der Waals surface area contributed by atoms with Gasteiger partial charge in [-0.25, -0.2) is 8.42 Å². The van der Waals surface area contributed by atoms with E-state index < -0.39 is 16.1 Å². The summed E-state index contributed by atoms with van der Waals surface area (Å²) in [6, 6.07) is 11.1. The van der Waals surface area contributed by atoms with E-state index in [1.807, 2.05) is 6.07 Å². The Morgan fingerprint density at radius 2 is 1.76 bits per heavy atom. The molecule has 7 nitrogen and oxygen atoms in total. The van der Waals surface area contributed by atoms with Crippen LogP contribution < -0.4 is 10.0 Å². The molecule has 2 aromatic carbocycles. The van der Waals surface area contributed by atoms with Crippen molar-refractivity contribution in [2.24, 2.45) is 0 Å². The highest BCUT2D eigenvalue weighted by molar-refractivity contribution is 7.92. The number of anilines is 1. The molecule has 0 saturated carbocycles. The Labute approximate surface area is 194 Å². The zero-order valence-electron chi connectivity index (χ0n) is 18.5. The Balaban J connectivity index is 1.45. The van der Waals surface area contributed by atoms with Gasteiger partial charge < -0.3 is 10.2 Å². The minimum Gasteiger partial charge on any atom is -0.351 e. The van der Waals surface area contributed by atoms with Crippen molar-refractivity contribution in [1.29, 1.82) is 0 Å². The van der Waals surface area contributed by atoms with Crippen LogP contribution in [0.2, 0.25) is 0 Å². The molecule has 2 aromatic rings. The molecule has 0 radical (unpaired) electrons. The fraction of sp³-hybridized carbons (Fsp3) is 0.360. The van der Waals surface area contributed by atoms with E-state index in [1.165, 1.54) is 5.56 Å². The quantitative estimate of drug-likeness (QED) is 0.611. The van der Waals surface area contributed by atoms with E-state index in [-0.39, 0.29) is 16.7 Å². The molecule has 1 heterocycles. The van der Waals surface area contributed by atoms with E-state index in [4.69, 9.17) is 0 Å². The summed E-state index contributed by atoms with van der Waals surface area (Å²) in [5.41, 5.74) is 3.12. The highest BCUT2D eigenvalue weighted by atomic mass is 32.2. The van der Waals surface area contributed by atoms with Gasteiger partial charge in [-0.2, -0.15) is 0 Å². The van der Waals surface area contributed by atoms with Crippen molar-refractivity contribution < 1.29 is 18.0 Å². The SMILES string of the molecule is C=CCNC(=O)[C@@H]1CCCN1C(=O)c1ccc(NS(=O)(=O)c2ccc3c(c2)CCCC3)cc1. The summed E-state index contributed by atoms with van der Waals surface area (Å²) >= 11 is 0. The van der Waals surface area contributed by atoms with Crippen molar-refractivity contribution in [2.45, 2.75) is 49.5 Å². The molecule has 1 saturated heterocycles. The minimum atomic E-state index is -3.73. The van der Waals surface area contributed by atoms with Crippen LogP contribution >= 0.6 is 0 Å². The lowest BCUT2D eigenvalue weighted by molar-refractivity contribution is -0.124. The maximum atomic E-state index is 13.0. The molecule has 1 atom stereocenters. The summed E-state index contributed by atoms with van der Waals surface area (Å²) in [5.74, 6) is -0.425. The molecular formula is C25H29N3O4S. The van der Waals surface area contributed by atoms with Gasteiger partial charge in [0.15, 0.2) is 0 Å². The van der Waals surface area contributed by atoms with E-state index in [0.29, 0.717) is 30.8 Å². The van der Waals surface area contributed by atoms with Crippen LogP contribution in [0.1, 0.15) is 47.2 Å². The molecule has 0 bridgehead atoms. The van der Waals surface area contributed by atoms with Gasteiger partial charge in [-0.15, -0.1) is 6.58 Å². The van der Waals surface area contributed by atoms with E-state index >= 15 is 0 Å². The van der Waals surface area contributed by atoms with Crippen LogP contribution in [0.25, 0.3) is 0 Å². The smallest absolute Gasteiger partial charge is 0.261 e. The summed E-state index contributed by atoms with van der Waals surface area (Å²) in [4.78, 5) is 27.2. The van der Waals surface area contributed by atoms with Gasteiger partial charge in [-0.05, 0) is 86.1 Å². The highest BCUT2D eigenvalue weighted by Crippen LogP contribution is 2.26. The largest absolute Gasteiger partial charge is 0.351 e. The number of hydrogen-bond donors (Lipinski definition) is 2. The van der Waals surface area contributed by atoms with Crippen LogP contribution in [0, 0.1) is 0 Å². The van der Waals surface area contributed by atoms with E-state index in [9.17, 15) is 18.0 Å². The van der Waals surface area contributed by atoms with Crippen molar-refractivity contribution in [2.75, 3.05) is 17.8 Å². The summed E-state index contributed by atoms with van der Waals surface area (Å²) in [5, 5.41) is 2.75. The number of amides is 2. The van der Waals surface area contributed by atoms with Crippen LogP contribution in [0.15, 0.2) is 60.0 Å². The monoisotopic (exact) mass is 467 g/mol. The van der Waals surface area contributed by atoms with Crippen LogP contribution in [0.5, 0.6) is 0 Å². The van der Waals surface area contributed by atoms with E-state index in [1.54, 1.807) is 47.4 Å². The van der Waals surface area contributed by atoms with Gasteiger partial charge in [-0.3, -0.25) is 14.3 Å². The predicted octanol–water partition coefficient (Wildman–Crippen LogP) is 3.27. The zero-order chi connectivity index (χ0) is 23.4. The minimum absolute atomic E-state index is 0.185. The molecule has 33 heavy (non-hydrogen) atoms. The van der Waals surface area contributed by atoms with Crippen molar-refractivity contribution >= 4 is 27.5 Å². The Bertz CT molecular complexity index is 1160. The maximum Gasteiger partial charge on any atom is 0.261 e. The molecule has 0 spiro atoms. The molecule has 2 aliphatic rings. The lowest BCUT2D eigenvalue weighted by Crippen LogP contribution is -2.46. The number of nitrogens with zero attached hydrogens (tertiary/aromatic N) is 1. The second-order valence-electron chi connectivity index (χ2n) is 8.51. The number of carbonyl (C=O) groups excluding carboxylic acids is 2. The highest BCUT2D eigenvalue weighted by Gasteiger charge is 2.34. The van der Waals surface area contributed by atoms with E-state index in [0.717, 1.165) is 37.7 Å². The first-order valence-corrected chi connectivity index (χ1v) is 12.8. The third kappa shape index (κ3) is 5.11. The number of rotatable bonds is 7. The summed E-state index contributed by atoms with van der Waals surface area (Å²) in [6.45, 7) is 4.46. The molecule has 0 unspecified atom stereocenters. The summed E-state index contributed by atoms with van der Waals surface area (Å²) < 4.78 is 28.4. The fourth-order valence-electron chi connectivity index (χ4n) is 4.51. The zero-order valence-corrected chi connectivity index (χ0v) is 19.4. The topological polar surface area (TPSA) is 95.6 Å². The van der Waals surface area contributed by atoms with Crippen molar-refractivity contribution in [1.82, 2.24) is 10.2 Å². The fourth-order valence-corrected chi connectivity index (χ4v) is 5.62. The number of benzene rings is 2. The molecular weight excluding hydrogens is 438 g/mol. The maximum absolute atomic E-state index is 13.0. The molecule has 1 fully saturated rings. The molecule has 0 aromatic heterocycles. The Morgan fingerprint density at radius 3 is 2.48 bits per heavy atom. The van der Waals surface area contributed by atoms with Gasteiger partial charge in [0.05, 0.1) is 4.90 Å². The number of likely N-dealkylation sites (tertiary alicyclic amines) is 1. The molecule has 2 N–H and O–H groups in total. The number of hydrogen-bond acceptors (Lipinski definition) is 4. The van der Waals surface area contributed by atoms with Crippen LogP contribution in [0.3, 0.4) is 0 Å². The first-order chi connectivity index (χ1) is 15.9. The van der Waals surface area contributed by atoms with Crippen LogP contribution in [0.4, 0.5) is 5.69 Å². The average Bonchev–Trinajstić information content (AvgIpc) is 3.32. The van der Waals surface area contributed by atoms with Crippen molar-refractivity contribution in [3.63, 3.8) is 0 Å². The van der Waals surface area contributed by atoms with Gasteiger partial charge in [0.1, 0.15) is 6.04 Å². The lowest BCUT2D eigenvalue weighted by atomic mass is 9.92. The third-order valence-electron chi connectivity index (χ3n) is 6.25. The second kappa shape index (κ2) is 9.79. The second-order valence-corrected chi connectivity index (χ2v) is 10.2. The number of carbonyl (C=O) groups is 2. The molecule has 2 amide bonds. The number of nitrogens with one attached hydrogen (secondary N) is 2. The predicted molar refractivity (Wildman–Crippen MR) is 128 cm³/mol. The van der Waals surface area contributed by atoms with Crippen LogP contribution in [-0.2, 0) is 27.7 Å². The number of sulfonamides is 1.